The minimum atomic E-state index is -0.678. The molecule has 0 spiro atoms. The number of carbonyl (C=O) groups excluding carboxylic acids is 1. The Morgan fingerprint density at radius 3 is 2.64 bits per heavy atom. The van der Waals surface area contributed by atoms with E-state index in [-0.39, 0.29) is 18.1 Å². The molecule has 5 heteroatoms. The fourth-order valence-corrected chi connectivity index (χ4v) is 2.78. The average molecular weight is 351 g/mol. The molecule has 1 rings (SSSR count). The minimum Gasteiger partial charge on any atom is -0.455 e. The first kappa shape index (κ1) is 21.6. The lowest BCUT2D eigenvalue weighted by Crippen LogP contribution is -2.53. The van der Waals surface area contributed by atoms with Crippen molar-refractivity contribution < 1.29 is 19.0 Å². The van der Waals surface area contributed by atoms with Crippen LogP contribution in [0.25, 0.3) is 0 Å². The Morgan fingerprint density at radius 1 is 1.32 bits per heavy atom. The fourth-order valence-electron chi connectivity index (χ4n) is 2.78. The van der Waals surface area contributed by atoms with Gasteiger partial charge in [-0.3, -0.25) is 4.79 Å². The summed E-state index contributed by atoms with van der Waals surface area (Å²) in [5.41, 5.74) is 6.63. The molecule has 0 aliphatic carbocycles. The molecular weight excluding hydrogens is 318 g/mol. The number of hydrogen-bond donors (Lipinski definition) is 1. The van der Waals surface area contributed by atoms with Gasteiger partial charge in [0.15, 0.2) is 6.10 Å². The molecule has 5 nitrogen and oxygen atoms in total. The van der Waals surface area contributed by atoms with Gasteiger partial charge < -0.3 is 19.9 Å². The van der Waals surface area contributed by atoms with Crippen molar-refractivity contribution in [1.29, 1.82) is 0 Å². The second-order valence-corrected chi connectivity index (χ2v) is 6.63. The predicted octanol–water partition coefficient (Wildman–Crippen LogP) is 3.15. The number of methoxy groups -OCH3 is 1. The smallest absolute Gasteiger partial charge is 0.323 e. The summed E-state index contributed by atoms with van der Waals surface area (Å²) in [6.07, 6.45) is 11.2. The monoisotopic (exact) mass is 351 g/mol. The summed E-state index contributed by atoms with van der Waals surface area (Å²) in [7, 11) is 1.63. The number of esters is 1. The first-order chi connectivity index (χ1) is 11.9. The summed E-state index contributed by atoms with van der Waals surface area (Å²) in [4.78, 5) is 12.0. The van der Waals surface area contributed by atoms with Gasteiger partial charge in [-0.1, -0.05) is 50.6 Å². The zero-order chi connectivity index (χ0) is 18.8. The van der Waals surface area contributed by atoms with Gasteiger partial charge in [-0.25, -0.2) is 0 Å². The zero-order valence-electron chi connectivity index (χ0n) is 16.1. The highest BCUT2D eigenvalue weighted by molar-refractivity contribution is 5.75. The highest BCUT2D eigenvalue weighted by Crippen LogP contribution is 2.29. The van der Waals surface area contributed by atoms with Crippen molar-refractivity contribution in [2.75, 3.05) is 13.7 Å². The third kappa shape index (κ3) is 6.77. The van der Waals surface area contributed by atoms with Gasteiger partial charge in [0.25, 0.3) is 0 Å². The van der Waals surface area contributed by atoms with Crippen LogP contribution in [0.3, 0.4) is 0 Å². The standard InChI is InChI=1S/C20H33NO4/c1-6-7-8-9-10-11-12-14(2)18-19(25-20(22)16(4)21)17(23-5)15(3)13-24-18/h8-12,15-19H,6-7,13,21H2,1-5H3/b9-8+,11-10+,14-12+/t15-,16-,17-,18-,19+/m0/s1. The van der Waals surface area contributed by atoms with E-state index in [2.05, 4.69) is 13.0 Å². The molecular formula is C20H33NO4. The van der Waals surface area contributed by atoms with E-state index >= 15 is 0 Å². The molecule has 1 heterocycles. The van der Waals surface area contributed by atoms with E-state index in [4.69, 9.17) is 19.9 Å². The molecule has 0 saturated carbocycles. The van der Waals surface area contributed by atoms with Gasteiger partial charge in [-0.2, -0.15) is 0 Å². The highest BCUT2D eigenvalue weighted by atomic mass is 16.6. The molecule has 0 aromatic heterocycles. The third-order valence-corrected chi connectivity index (χ3v) is 4.24. The number of ether oxygens (including phenoxy) is 3. The van der Waals surface area contributed by atoms with Crippen LogP contribution in [0.2, 0.25) is 0 Å². The maximum atomic E-state index is 12.0. The van der Waals surface area contributed by atoms with Crippen molar-refractivity contribution >= 4 is 5.97 Å². The van der Waals surface area contributed by atoms with E-state index in [0.717, 1.165) is 18.4 Å². The first-order valence-electron chi connectivity index (χ1n) is 9.02. The van der Waals surface area contributed by atoms with Gasteiger partial charge in [0, 0.05) is 13.0 Å². The van der Waals surface area contributed by atoms with E-state index in [1.807, 2.05) is 38.2 Å². The highest BCUT2D eigenvalue weighted by Gasteiger charge is 2.42. The molecule has 1 aliphatic rings. The molecule has 0 unspecified atom stereocenters. The van der Waals surface area contributed by atoms with Crippen LogP contribution in [0.4, 0.5) is 0 Å². The molecule has 5 atom stereocenters. The van der Waals surface area contributed by atoms with Crippen molar-refractivity contribution in [3.8, 4) is 0 Å². The normalized spacial score (nSPS) is 29.3. The lowest BCUT2D eigenvalue weighted by molar-refractivity contribution is -0.192. The number of carbonyl (C=O) groups is 1. The molecule has 25 heavy (non-hydrogen) atoms. The van der Waals surface area contributed by atoms with Gasteiger partial charge in [0.2, 0.25) is 0 Å². The van der Waals surface area contributed by atoms with Crippen molar-refractivity contribution in [2.45, 2.75) is 64.9 Å². The maximum Gasteiger partial charge on any atom is 0.323 e. The summed E-state index contributed by atoms with van der Waals surface area (Å²) in [5, 5.41) is 0. The van der Waals surface area contributed by atoms with Crippen LogP contribution in [0.15, 0.2) is 36.0 Å². The first-order valence-corrected chi connectivity index (χ1v) is 9.02. The summed E-state index contributed by atoms with van der Waals surface area (Å²) in [5.74, 6) is -0.312. The number of unbranched alkanes of at least 4 members (excludes halogenated alkanes) is 1. The van der Waals surface area contributed by atoms with E-state index in [1.165, 1.54) is 0 Å². The number of nitrogens with two attached hydrogens (primary N) is 1. The molecule has 142 valence electrons. The lowest BCUT2D eigenvalue weighted by atomic mass is 9.90. The molecule has 0 bridgehead atoms. The molecule has 0 aromatic carbocycles. The largest absolute Gasteiger partial charge is 0.455 e. The van der Waals surface area contributed by atoms with E-state index in [1.54, 1.807) is 14.0 Å². The van der Waals surface area contributed by atoms with Gasteiger partial charge in [0.05, 0.1) is 6.61 Å². The fraction of sp³-hybridized carbons (Fsp3) is 0.650. The van der Waals surface area contributed by atoms with Crippen molar-refractivity contribution in [3.05, 3.63) is 36.0 Å². The second kappa shape index (κ2) is 11.2. The SMILES string of the molecule is CCC/C=C/C=C/C=C(\C)[C@@H]1OC[C@H](C)[C@H](OC)[C@H]1OC(=O)[C@H](C)N. The van der Waals surface area contributed by atoms with E-state index in [0.29, 0.717) is 6.61 Å². The average Bonchev–Trinajstić information content (AvgIpc) is 2.58. The van der Waals surface area contributed by atoms with Crippen molar-refractivity contribution in [2.24, 2.45) is 11.7 Å². The molecule has 0 radical (unpaired) electrons. The van der Waals surface area contributed by atoms with Crippen LogP contribution < -0.4 is 5.73 Å². The summed E-state index contributed by atoms with van der Waals surface area (Å²) < 4.78 is 17.2. The van der Waals surface area contributed by atoms with Crippen LogP contribution in [0.5, 0.6) is 0 Å². The minimum absolute atomic E-state index is 0.132. The Balaban J connectivity index is 2.89. The topological polar surface area (TPSA) is 70.8 Å². The van der Waals surface area contributed by atoms with Gasteiger partial charge in [-0.05, 0) is 25.8 Å². The maximum absolute atomic E-state index is 12.0. The van der Waals surface area contributed by atoms with Crippen molar-refractivity contribution in [3.63, 3.8) is 0 Å². The van der Waals surface area contributed by atoms with Crippen LogP contribution >= 0.6 is 0 Å². The lowest BCUT2D eigenvalue weighted by Gasteiger charge is -2.41. The molecule has 1 aliphatic heterocycles. The van der Waals surface area contributed by atoms with E-state index < -0.39 is 18.1 Å². The number of hydrogen-bond acceptors (Lipinski definition) is 5. The van der Waals surface area contributed by atoms with Gasteiger partial charge in [0.1, 0.15) is 18.2 Å². The predicted molar refractivity (Wildman–Crippen MR) is 100 cm³/mol. The Hall–Kier alpha value is -1.43. The van der Waals surface area contributed by atoms with Gasteiger partial charge in [-0.15, -0.1) is 0 Å². The Labute approximate surface area is 151 Å². The second-order valence-electron chi connectivity index (χ2n) is 6.63. The molecule has 2 N–H and O–H groups in total. The Kier molecular flexibility index (Phi) is 9.71. The van der Waals surface area contributed by atoms with E-state index in [9.17, 15) is 4.79 Å². The summed E-state index contributed by atoms with van der Waals surface area (Å²) >= 11 is 0. The zero-order valence-corrected chi connectivity index (χ0v) is 16.1. The summed E-state index contributed by atoms with van der Waals surface area (Å²) in [6, 6.07) is -0.678. The Morgan fingerprint density at radius 2 is 2.04 bits per heavy atom. The van der Waals surface area contributed by atoms with Crippen LogP contribution in [0, 0.1) is 5.92 Å². The Bertz CT molecular complexity index is 496. The van der Waals surface area contributed by atoms with Crippen LogP contribution in [-0.2, 0) is 19.0 Å². The van der Waals surface area contributed by atoms with Crippen LogP contribution in [-0.4, -0.2) is 44.0 Å². The van der Waals surface area contributed by atoms with Gasteiger partial charge >= 0.3 is 5.97 Å². The summed E-state index contributed by atoms with van der Waals surface area (Å²) in [6.45, 7) is 8.31. The number of allylic oxidation sites excluding steroid dienone is 5. The molecule has 1 saturated heterocycles. The van der Waals surface area contributed by atoms with Crippen molar-refractivity contribution in [1.82, 2.24) is 0 Å². The molecule has 1 fully saturated rings. The molecule has 0 aromatic rings. The third-order valence-electron chi connectivity index (χ3n) is 4.24. The number of rotatable bonds is 8. The van der Waals surface area contributed by atoms with Crippen LogP contribution in [0.1, 0.15) is 40.5 Å². The molecule has 0 amide bonds. The quantitative estimate of drug-likeness (QED) is 0.537.